The van der Waals surface area contributed by atoms with Crippen molar-refractivity contribution in [1.82, 2.24) is 25.1 Å². The molecule has 1 unspecified atom stereocenters. The minimum absolute atomic E-state index is 0.0466. The predicted octanol–water partition coefficient (Wildman–Crippen LogP) is 3.68. The van der Waals surface area contributed by atoms with Crippen LogP contribution >= 0.6 is 11.6 Å². The highest BCUT2D eigenvalue weighted by Crippen LogP contribution is 2.26. The summed E-state index contributed by atoms with van der Waals surface area (Å²) in [5, 5.41) is 7.01. The Hall–Kier alpha value is -2.19. The number of halogens is 3. The molecule has 2 rings (SSSR count). The number of hydrogen-bond acceptors (Lipinski definition) is 3. The maximum absolute atomic E-state index is 12.9. The normalized spacial score (nSPS) is 13.2. The van der Waals surface area contributed by atoms with E-state index in [2.05, 4.69) is 39.4 Å². The highest BCUT2D eigenvalue weighted by atomic mass is 35.5. The molecule has 1 heterocycles. The topological polar surface area (TPSA) is 57.5 Å². The van der Waals surface area contributed by atoms with Gasteiger partial charge in [0.15, 0.2) is 5.96 Å². The molecule has 0 aliphatic heterocycles. The van der Waals surface area contributed by atoms with Gasteiger partial charge >= 0.3 is 6.55 Å². The molecule has 1 aromatic heterocycles. The first-order valence-corrected chi connectivity index (χ1v) is 9.62. The van der Waals surface area contributed by atoms with Crippen LogP contribution in [-0.2, 0) is 6.54 Å². The van der Waals surface area contributed by atoms with Gasteiger partial charge in [-0.1, -0.05) is 43.6 Å². The van der Waals surface area contributed by atoms with E-state index in [0.717, 1.165) is 23.2 Å². The fourth-order valence-electron chi connectivity index (χ4n) is 3.08. The molecule has 0 spiro atoms. The van der Waals surface area contributed by atoms with Crippen molar-refractivity contribution < 1.29 is 8.78 Å². The van der Waals surface area contributed by atoms with Crippen LogP contribution in [0.3, 0.4) is 0 Å². The summed E-state index contributed by atoms with van der Waals surface area (Å²) >= 11 is 6.42. The second kappa shape index (κ2) is 11.0. The van der Waals surface area contributed by atoms with Crippen LogP contribution < -0.4 is 10.6 Å². The number of hydrogen-bond donors (Lipinski definition) is 2. The smallest absolute Gasteiger partial charge is 0.319 e. The van der Waals surface area contributed by atoms with Crippen molar-refractivity contribution in [2.45, 2.75) is 33.0 Å². The highest BCUT2D eigenvalue weighted by molar-refractivity contribution is 6.31. The van der Waals surface area contributed by atoms with Crippen molar-refractivity contribution in [3.8, 4) is 0 Å². The zero-order chi connectivity index (χ0) is 20.5. The van der Waals surface area contributed by atoms with Crippen LogP contribution in [0.25, 0.3) is 0 Å². The first-order chi connectivity index (χ1) is 13.5. The fraction of sp³-hybridized carbons (Fsp3) is 0.474. The Morgan fingerprint density at radius 2 is 1.96 bits per heavy atom. The highest BCUT2D eigenvalue weighted by Gasteiger charge is 2.20. The molecule has 1 atom stereocenters. The van der Waals surface area contributed by atoms with Gasteiger partial charge in [0.2, 0.25) is 0 Å². The number of guanidine groups is 1. The number of rotatable bonds is 9. The van der Waals surface area contributed by atoms with E-state index in [4.69, 9.17) is 11.6 Å². The van der Waals surface area contributed by atoms with E-state index < -0.39 is 6.55 Å². The van der Waals surface area contributed by atoms with E-state index in [9.17, 15) is 8.78 Å². The summed E-state index contributed by atoms with van der Waals surface area (Å²) in [5.74, 6) is 0.748. The van der Waals surface area contributed by atoms with Crippen LogP contribution in [0.15, 0.2) is 41.7 Å². The minimum atomic E-state index is -2.62. The molecule has 0 aliphatic carbocycles. The van der Waals surface area contributed by atoms with E-state index in [1.54, 1.807) is 7.05 Å². The standard InChI is InChI=1S/C19H27ClF2N6/c1-4-27(5-2)16(14-8-6-7-9-15(14)20)12-25-19(23-3)26-13-17-24-10-11-28(17)18(21)22/h6-11,16,18H,4-5,12-13H2,1-3H3,(H2,23,25,26). The van der Waals surface area contributed by atoms with Gasteiger partial charge in [0, 0.05) is 31.0 Å². The van der Waals surface area contributed by atoms with Gasteiger partial charge in [-0.15, -0.1) is 0 Å². The van der Waals surface area contributed by atoms with Gasteiger partial charge in [-0.25, -0.2) is 4.98 Å². The number of benzene rings is 1. The molecule has 28 heavy (non-hydrogen) atoms. The summed E-state index contributed by atoms with van der Waals surface area (Å²) in [6.07, 6.45) is 2.61. The van der Waals surface area contributed by atoms with Crippen molar-refractivity contribution >= 4 is 17.6 Å². The summed E-state index contributed by atoms with van der Waals surface area (Å²) in [5.41, 5.74) is 1.03. The van der Waals surface area contributed by atoms with E-state index in [1.165, 1.54) is 12.4 Å². The number of imidazole rings is 1. The third-order valence-electron chi connectivity index (χ3n) is 4.58. The van der Waals surface area contributed by atoms with Crippen LogP contribution in [0.5, 0.6) is 0 Å². The zero-order valence-corrected chi connectivity index (χ0v) is 17.1. The Bertz CT molecular complexity index is 760. The van der Waals surface area contributed by atoms with Crippen molar-refractivity contribution in [2.75, 3.05) is 26.7 Å². The third-order valence-corrected chi connectivity index (χ3v) is 4.92. The molecule has 0 bridgehead atoms. The van der Waals surface area contributed by atoms with Gasteiger partial charge in [-0.2, -0.15) is 8.78 Å². The molecule has 1 aromatic carbocycles. The lowest BCUT2D eigenvalue weighted by molar-refractivity contribution is 0.0668. The average Bonchev–Trinajstić information content (AvgIpc) is 3.17. The Balaban J connectivity index is 2.05. The summed E-state index contributed by atoms with van der Waals surface area (Å²) in [4.78, 5) is 10.4. The summed E-state index contributed by atoms with van der Waals surface area (Å²) in [6.45, 7) is 4.02. The molecule has 0 aliphatic rings. The first-order valence-electron chi connectivity index (χ1n) is 9.24. The quantitative estimate of drug-likeness (QED) is 0.487. The number of likely N-dealkylation sites (N-methyl/N-ethyl adjacent to an activating group) is 1. The van der Waals surface area contributed by atoms with Gasteiger partial charge in [-0.3, -0.25) is 14.5 Å². The Morgan fingerprint density at radius 3 is 2.57 bits per heavy atom. The number of alkyl halides is 2. The van der Waals surface area contributed by atoms with E-state index in [1.807, 2.05) is 24.3 Å². The molecule has 0 saturated carbocycles. The lowest BCUT2D eigenvalue weighted by Crippen LogP contribution is -2.43. The molecule has 0 radical (unpaired) electrons. The van der Waals surface area contributed by atoms with Gasteiger partial charge < -0.3 is 10.6 Å². The monoisotopic (exact) mass is 412 g/mol. The van der Waals surface area contributed by atoms with Crippen LogP contribution in [0.4, 0.5) is 8.78 Å². The molecule has 2 aromatic rings. The average molecular weight is 413 g/mol. The predicted molar refractivity (Wildman–Crippen MR) is 109 cm³/mol. The van der Waals surface area contributed by atoms with Crippen molar-refractivity contribution in [3.05, 3.63) is 53.1 Å². The maximum Gasteiger partial charge on any atom is 0.319 e. The molecule has 6 nitrogen and oxygen atoms in total. The maximum atomic E-state index is 12.9. The summed E-state index contributed by atoms with van der Waals surface area (Å²) in [6, 6.07) is 7.82. The van der Waals surface area contributed by atoms with Crippen LogP contribution in [0.1, 0.15) is 37.8 Å². The van der Waals surface area contributed by atoms with E-state index in [-0.39, 0.29) is 18.4 Å². The lowest BCUT2D eigenvalue weighted by Gasteiger charge is -2.31. The summed E-state index contributed by atoms with van der Waals surface area (Å²) in [7, 11) is 1.64. The van der Waals surface area contributed by atoms with E-state index >= 15 is 0 Å². The molecule has 154 valence electrons. The van der Waals surface area contributed by atoms with Crippen LogP contribution in [0, 0.1) is 0 Å². The largest absolute Gasteiger partial charge is 0.354 e. The Morgan fingerprint density at radius 1 is 1.25 bits per heavy atom. The van der Waals surface area contributed by atoms with Crippen LogP contribution in [-0.4, -0.2) is 47.1 Å². The lowest BCUT2D eigenvalue weighted by atomic mass is 10.0. The first kappa shape index (κ1) is 22.1. The van der Waals surface area contributed by atoms with Gasteiger partial charge in [0.1, 0.15) is 5.82 Å². The molecule has 2 N–H and O–H groups in total. The molecular weight excluding hydrogens is 386 g/mol. The second-order valence-electron chi connectivity index (χ2n) is 6.09. The number of aromatic nitrogens is 2. The zero-order valence-electron chi connectivity index (χ0n) is 16.4. The summed E-state index contributed by atoms with van der Waals surface area (Å²) < 4.78 is 26.7. The Labute approximate surface area is 169 Å². The van der Waals surface area contributed by atoms with Gasteiger partial charge in [0.05, 0.1) is 12.6 Å². The number of nitrogens with one attached hydrogen (secondary N) is 2. The van der Waals surface area contributed by atoms with Crippen molar-refractivity contribution in [3.63, 3.8) is 0 Å². The van der Waals surface area contributed by atoms with Gasteiger partial charge in [-0.05, 0) is 24.7 Å². The second-order valence-corrected chi connectivity index (χ2v) is 6.50. The van der Waals surface area contributed by atoms with Crippen molar-refractivity contribution in [2.24, 2.45) is 4.99 Å². The van der Waals surface area contributed by atoms with Crippen LogP contribution in [0.2, 0.25) is 5.02 Å². The third kappa shape index (κ3) is 5.65. The molecule has 0 amide bonds. The Kier molecular flexibility index (Phi) is 8.66. The van der Waals surface area contributed by atoms with Gasteiger partial charge in [0.25, 0.3) is 0 Å². The SMILES string of the molecule is CCN(CC)C(CNC(=NC)NCc1nccn1C(F)F)c1ccccc1Cl. The number of nitrogens with zero attached hydrogens (tertiary/aromatic N) is 4. The molecule has 9 heteroatoms. The molecule has 0 saturated heterocycles. The minimum Gasteiger partial charge on any atom is -0.354 e. The van der Waals surface area contributed by atoms with E-state index in [0.29, 0.717) is 17.5 Å². The number of aliphatic imine (C=N–C) groups is 1. The fourth-order valence-corrected chi connectivity index (χ4v) is 3.34. The molecule has 0 fully saturated rings. The molecular formula is C19H27ClF2N6. The van der Waals surface area contributed by atoms with Crippen molar-refractivity contribution in [1.29, 1.82) is 0 Å².